The Balaban J connectivity index is 2.51. The van der Waals surface area contributed by atoms with Crippen molar-refractivity contribution in [1.29, 1.82) is 0 Å². The molecule has 1 aromatic carbocycles. The molecule has 2 N–H and O–H groups in total. The fourth-order valence-electron chi connectivity index (χ4n) is 1.81. The van der Waals surface area contributed by atoms with E-state index in [0.717, 1.165) is 11.1 Å². The minimum absolute atomic E-state index is 0.0941. The predicted octanol–water partition coefficient (Wildman–Crippen LogP) is 2.53. The molecule has 1 aromatic rings. The van der Waals surface area contributed by atoms with Crippen LogP contribution in [-0.4, -0.2) is 23.5 Å². The first-order valence-corrected chi connectivity index (χ1v) is 6.47. The second-order valence-corrected chi connectivity index (χ2v) is 5.07. The standard InChI is InChI=1S/C15H21NO3/c1-10-4-6-12(3)13(8-10)15(19)16-9-11(2)5-7-14(17)18/h4,6,8,11H,5,7,9H2,1-3H3,(H,16,19)(H,17,18). The molecule has 0 bridgehead atoms. The largest absolute Gasteiger partial charge is 0.481 e. The summed E-state index contributed by atoms with van der Waals surface area (Å²) in [7, 11) is 0. The summed E-state index contributed by atoms with van der Waals surface area (Å²) in [6, 6.07) is 5.77. The molecule has 0 aliphatic rings. The zero-order valence-electron chi connectivity index (χ0n) is 11.7. The van der Waals surface area contributed by atoms with E-state index in [0.29, 0.717) is 18.5 Å². The first-order chi connectivity index (χ1) is 8.90. The topological polar surface area (TPSA) is 66.4 Å². The van der Waals surface area contributed by atoms with Gasteiger partial charge in [0.05, 0.1) is 0 Å². The van der Waals surface area contributed by atoms with E-state index in [1.807, 2.05) is 39.0 Å². The average Bonchev–Trinajstić information content (AvgIpc) is 2.36. The van der Waals surface area contributed by atoms with E-state index in [9.17, 15) is 9.59 Å². The van der Waals surface area contributed by atoms with E-state index in [2.05, 4.69) is 5.32 Å². The number of rotatable bonds is 6. The van der Waals surface area contributed by atoms with Crippen LogP contribution in [-0.2, 0) is 4.79 Å². The highest BCUT2D eigenvalue weighted by molar-refractivity contribution is 5.95. The minimum atomic E-state index is -0.798. The summed E-state index contributed by atoms with van der Waals surface area (Å²) in [5.74, 6) is -0.735. The van der Waals surface area contributed by atoms with Crippen LogP contribution < -0.4 is 5.32 Å². The smallest absolute Gasteiger partial charge is 0.303 e. The van der Waals surface area contributed by atoms with Crippen LogP contribution in [0.3, 0.4) is 0 Å². The SMILES string of the molecule is Cc1ccc(C)c(C(=O)NCC(C)CCC(=O)O)c1. The summed E-state index contributed by atoms with van der Waals surface area (Å²) in [6.45, 7) is 6.29. The Labute approximate surface area is 113 Å². The number of amides is 1. The zero-order chi connectivity index (χ0) is 14.4. The van der Waals surface area contributed by atoms with Crippen molar-refractivity contribution in [3.05, 3.63) is 34.9 Å². The lowest BCUT2D eigenvalue weighted by Gasteiger charge is -2.13. The Kier molecular flexibility index (Phi) is 5.55. The van der Waals surface area contributed by atoms with Crippen molar-refractivity contribution >= 4 is 11.9 Å². The monoisotopic (exact) mass is 263 g/mol. The Hall–Kier alpha value is -1.84. The lowest BCUT2D eigenvalue weighted by atomic mass is 10.0. The number of carbonyl (C=O) groups is 2. The number of aryl methyl sites for hydroxylation is 2. The molecular weight excluding hydrogens is 242 g/mol. The van der Waals surface area contributed by atoms with Crippen LogP contribution in [0, 0.1) is 19.8 Å². The average molecular weight is 263 g/mol. The van der Waals surface area contributed by atoms with E-state index in [4.69, 9.17) is 5.11 Å². The van der Waals surface area contributed by atoms with Gasteiger partial charge in [0.15, 0.2) is 0 Å². The molecule has 19 heavy (non-hydrogen) atoms. The van der Waals surface area contributed by atoms with Gasteiger partial charge in [-0.3, -0.25) is 9.59 Å². The molecule has 0 saturated carbocycles. The fourth-order valence-corrected chi connectivity index (χ4v) is 1.81. The highest BCUT2D eigenvalue weighted by atomic mass is 16.4. The Bertz CT molecular complexity index is 468. The minimum Gasteiger partial charge on any atom is -0.481 e. The highest BCUT2D eigenvalue weighted by Gasteiger charge is 2.11. The van der Waals surface area contributed by atoms with Crippen LogP contribution in [0.2, 0.25) is 0 Å². The summed E-state index contributed by atoms with van der Waals surface area (Å²) in [5, 5.41) is 11.5. The van der Waals surface area contributed by atoms with E-state index in [-0.39, 0.29) is 18.2 Å². The van der Waals surface area contributed by atoms with E-state index < -0.39 is 5.97 Å². The van der Waals surface area contributed by atoms with E-state index >= 15 is 0 Å². The summed E-state index contributed by atoms with van der Waals surface area (Å²) in [6.07, 6.45) is 0.711. The highest BCUT2D eigenvalue weighted by Crippen LogP contribution is 2.11. The zero-order valence-corrected chi connectivity index (χ0v) is 11.7. The summed E-state index contributed by atoms with van der Waals surface area (Å²) >= 11 is 0. The molecule has 4 heteroatoms. The maximum Gasteiger partial charge on any atom is 0.303 e. The molecule has 0 aliphatic heterocycles. The van der Waals surface area contributed by atoms with Crippen molar-refractivity contribution in [3.63, 3.8) is 0 Å². The normalized spacial score (nSPS) is 11.9. The van der Waals surface area contributed by atoms with Crippen molar-refractivity contribution in [2.45, 2.75) is 33.6 Å². The number of benzene rings is 1. The lowest BCUT2D eigenvalue weighted by molar-refractivity contribution is -0.137. The quantitative estimate of drug-likeness (QED) is 0.828. The van der Waals surface area contributed by atoms with Crippen molar-refractivity contribution in [2.75, 3.05) is 6.54 Å². The van der Waals surface area contributed by atoms with Crippen molar-refractivity contribution in [1.82, 2.24) is 5.32 Å². The van der Waals surface area contributed by atoms with Crippen LogP contribution in [0.15, 0.2) is 18.2 Å². The molecule has 1 amide bonds. The molecule has 1 unspecified atom stereocenters. The Morgan fingerprint density at radius 2 is 2.00 bits per heavy atom. The second-order valence-electron chi connectivity index (χ2n) is 5.07. The van der Waals surface area contributed by atoms with Crippen LogP contribution in [0.25, 0.3) is 0 Å². The predicted molar refractivity (Wildman–Crippen MR) is 74.3 cm³/mol. The molecule has 1 rings (SSSR count). The molecule has 1 atom stereocenters. The number of carboxylic acids is 1. The van der Waals surface area contributed by atoms with Gasteiger partial charge < -0.3 is 10.4 Å². The van der Waals surface area contributed by atoms with Gasteiger partial charge >= 0.3 is 5.97 Å². The van der Waals surface area contributed by atoms with Crippen LogP contribution >= 0.6 is 0 Å². The third kappa shape index (κ3) is 5.12. The molecule has 0 radical (unpaired) electrons. The number of carbonyl (C=O) groups excluding carboxylic acids is 1. The molecule has 4 nitrogen and oxygen atoms in total. The lowest BCUT2D eigenvalue weighted by Crippen LogP contribution is -2.29. The first kappa shape index (κ1) is 15.2. The maximum absolute atomic E-state index is 12.0. The first-order valence-electron chi connectivity index (χ1n) is 6.47. The molecule has 0 heterocycles. The van der Waals surface area contributed by atoms with E-state index in [1.165, 1.54) is 0 Å². The third-order valence-corrected chi connectivity index (χ3v) is 3.10. The third-order valence-electron chi connectivity index (χ3n) is 3.10. The van der Waals surface area contributed by atoms with Crippen molar-refractivity contribution in [3.8, 4) is 0 Å². The number of aliphatic carboxylic acids is 1. The number of nitrogens with one attached hydrogen (secondary N) is 1. The molecule has 0 aromatic heterocycles. The fraction of sp³-hybridized carbons (Fsp3) is 0.467. The molecule has 0 fully saturated rings. The molecule has 0 aliphatic carbocycles. The van der Waals surface area contributed by atoms with Gasteiger partial charge in [-0.1, -0.05) is 24.6 Å². The molecule has 0 saturated heterocycles. The van der Waals surface area contributed by atoms with Gasteiger partial charge in [0.25, 0.3) is 5.91 Å². The van der Waals surface area contributed by atoms with Crippen LogP contribution in [0.1, 0.15) is 41.3 Å². The Morgan fingerprint density at radius 1 is 1.32 bits per heavy atom. The van der Waals surface area contributed by atoms with Crippen LogP contribution in [0.4, 0.5) is 0 Å². The van der Waals surface area contributed by atoms with Gasteiger partial charge in [0.2, 0.25) is 0 Å². The van der Waals surface area contributed by atoms with Crippen LogP contribution in [0.5, 0.6) is 0 Å². The summed E-state index contributed by atoms with van der Waals surface area (Å²) < 4.78 is 0. The second kappa shape index (κ2) is 6.92. The molecule has 0 spiro atoms. The van der Waals surface area contributed by atoms with Crippen molar-refractivity contribution < 1.29 is 14.7 Å². The number of carboxylic acid groups (broad SMARTS) is 1. The van der Waals surface area contributed by atoms with Gasteiger partial charge in [0.1, 0.15) is 0 Å². The van der Waals surface area contributed by atoms with Gasteiger partial charge in [-0.2, -0.15) is 0 Å². The van der Waals surface area contributed by atoms with Gasteiger partial charge in [-0.25, -0.2) is 0 Å². The van der Waals surface area contributed by atoms with Gasteiger partial charge in [0, 0.05) is 18.5 Å². The number of hydrogen-bond donors (Lipinski definition) is 2. The van der Waals surface area contributed by atoms with E-state index in [1.54, 1.807) is 0 Å². The summed E-state index contributed by atoms with van der Waals surface area (Å²) in [5.41, 5.74) is 2.68. The van der Waals surface area contributed by atoms with Crippen molar-refractivity contribution in [2.24, 2.45) is 5.92 Å². The summed E-state index contributed by atoms with van der Waals surface area (Å²) in [4.78, 5) is 22.5. The Morgan fingerprint density at radius 3 is 2.63 bits per heavy atom. The maximum atomic E-state index is 12.0. The van der Waals surface area contributed by atoms with Gasteiger partial charge in [-0.15, -0.1) is 0 Å². The number of hydrogen-bond acceptors (Lipinski definition) is 2. The molecular formula is C15H21NO3. The molecule has 104 valence electrons. The van der Waals surface area contributed by atoms with Gasteiger partial charge in [-0.05, 0) is 37.8 Å².